The number of nitrogens with one attached hydrogen (secondary N) is 1. The van der Waals surface area contributed by atoms with Crippen LogP contribution in [-0.4, -0.2) is 26.2 Å². The molecule has 0 radical (unpaired) electrons. The third-order valence-corrected chi connectivity index (χ3v) is 2.64. The molecule has 1 aromatic rings. The minimum atomic E-state index is -0.367. The molecule has 3 N–H and O–H groups in total. The molecule has 0 aliphatic rings. The Hall–Kier alpha value is -1.39. The van der Waals surface area contributed by atoms with Crippen molar-refractivity contribution in [3.05, 3.63) is 35.4 Å². The van der Waals surface area contributed by atoms with Crippen molar-refractivity contribution < 1.29 is 9.47 Å². The first-order valence-electron chi connectivity index (χ1n) is 5.55. The molecule has 4 heteroatoms. The predicted octanol–water partition coefficient (Wildman–Crippen LogP) is 1.87. The lowest BCUT2D eigenvalue weighted by Crippen LogP contribution is -2.24. The predicted molar refractivity (Wildman–Crippen MR) is 68.3 cm³/mol. The largest absolute Gasteiger partial charge is 0.384 e. The second-order valence-electron chi connectivity index (χ2n) is 4.34. The molecule has 0 aliphatic heterocycles. The maximum Gasteiger partial charge on any atom is 0.122 e. The average Bonchev–Trinajstić information content (AvgIpc) is 2.29. The van der Waals surface area contributed by atoms with Crippen molar-refractivity contribution in [1.29, 1.82) is 5.41 Å². The lowest BCUT2D eigenvalue weighted by Gasteiger charge is -2.26. The monoisotopic (exact) mass is 236 g/mol. The normalized spacial score (nSPS) is 11.5. The molecule has 1 aromatic carbocycles. The molecule has 17 heavy (non-hydrogen) atoms. The van der Waals surface area contributed by atoms with Crippen LogP contribution in [0.4, 0.5) is 0 Å². The van der Waals surface area contributed by atoms with E-state index < -0.39 is 0 Å². The summed E-state index contributed by atoms with van der Waals surface area (Å²) in [5.74, 6) is 0.0784. The van der Waals surface area contributed by atoms with E-state index in [9.17, 15) is 0 Å². The van der Waals surface area contributed by atoms with Crippen molar-refractivity contribution >= 4 is 5.84 Å². The molecule has 0 saturated carbocycles. The number of hydrogen-bond donors (Lipinski definition) is 2. The van der Waals surface area contributed by atoms with Crippen molar-refractivity contribution in [1.82, 2.24) is 0 Å². The zero-order valence-electron chi connectivity index (χ0n) is 10.6. The van der Waals surface area contributed by atoms with E-state index >= 15 is 0 Å². The molecule has 0 aromatic heterocycles. The first-order valence-corrected chi connectivity index (χ1v) is 5.55. The molecule has 1 rings (SSSR count). The van der Waals surface area contributed by atoms with E-state index in [4.69, 9.17) is 20.6 Å². The van der Waals surface area contributed by atoms with Crippen molar-refractivity contribution in [3.8, 4) is 0 Å². The maximum atomic E-state index is 7.33. The van der Waals surface area contributed by atoms with Crippen LogP contribution < -0.4 is 5.73 Å². The Balaban J connectivity index is 2.73. The van der Waals surface area contributed by atoms with Crippen LogP contribution in [-0.2, 0) is 15.1 Å². The standard InChI is InChI=1S/C13H20N2O2/c1-13(2,17-9-8-16-3)11-6-4-10(5-7-11)12(14)15/h4-7H,8-9H2,1-3H3,(H3,14,15). The fraction of sp³-hybridized carbons (Fsp3) is 0.462. The summed E-state index contributed by atoms with van der Waals surface area (Å²) in [6, 6.07) is 7.53. The highest BCUT2D eigenvalue weighted by Gasteiger charge is 2.20. The second-order valence-corrected chi connectivity index (χ2v) is 4.34. The number of nitrogens with two attached hydrogens (primary N) is 1. The Morgan fingerprint density at radius 1 is 1.24 bits per heavy atom. The molecule has 0 atom stereocenters. The highest BCUT2D eigenvalue weighted by molar-refractivity contribution is 5.94. The summed E-state index contributed by atoms with van der Waals surface area (Å²) in [6.07, 6.45) is 0. The van der Waals surface area contributed by atoms with E-state index in [1.807, 2.05) is 38.1 Å². The van der Waals surface area contributed by atoms with Crippen LogP contribution in [0, 0.1) is 5.41 Å². The van der Waals surface area contributed by atoms with E-state index in [2.05, 4.69) is 0 Å². The topological polar surface area (TPSA) is 68.3 Å². The lowest BCUT2D eigenvalue weighted by atomic mass is 9.97. The number of benzene rings is 1. The molecular formula is C13H20N2O2. The number of hydrogen-bond acceptors (Lipinski definition) is 3. The summed E-state index contributed by atoms with van der Waals surface area (Å²) in [6.45, 7) is 5.14. The van der Waals surface area contributed by atoms with Gasteiger partial charge in [0.25, 0.3) is 0 Å². The van der Waals surface area contributed by atoms with Crippen LogP contribution >= 0.6 is 0 Å². The first-order chi connectivity index (χ1) is 7.97. The number of ether oxygens (including phenoxy) is 2. The summed E-state index contributed by atoms with van der Waals surface area (Å²) in [5.41, 5.74) is 6.82. The van der Waals surface area contributed by atoms with Gasteiger partial charge in [0, 0.05) is 12.7 Å². The minimum Gasteiger partial charge on any atom is -0.384 e. The zero-order chi connectivity index (χ0) is 12.9. The third-order valence-electron chi connectivity index (χ3n) is 2.64. The zero-order valence-corrected chi connectivity index (χ0v) is 10.6. The van der Waals surface area contributed by atoms with Crippen LogP contribution in [0.5, 0.6) is 0 Å². The van der Waals surface area contributed by atoms with Crippen LogP contribution in [0.2, 0.25) is 0 Å². The van der Waals surface area contributed by atoms with Crippen LogP contribution in [0.25, 0.3) is 0 Å². The van der Waals surface area contributed by atoms with Crippen molar-refractivity contribution in [2.45, 2.75) is 19.4 Å². The van der Waals surface area contributed by atoms with Gasteiger partial charge in [0.2, 0.25) is 0 Å². The second kappa shape index (κ2) is 5.80. The maximum absolute atomic E-state index is 7.33. The summed E-state index contributed by atoms with van der Waals surface area (Å²) in [5, 5.41) is 7.33. The number of nitrogen functional groups attached to an aromatic ring is 1. The number of methoxy groups -OCH3 is 1. The van der Waals surface area contributed by atoms with Gasteiger partial charge in [-0.15, -0.1) is 0 Å². The fourth-order valence-electron chi connectivity index (χ4n) is 1.51. The average molecular weight is 236 g/mol. The van der Waals surface area contributed by atoms with Gasteiger partial charge in [-0.25, -0.2) is 0 Å². The molecule has 0 bridgehead atoms. The lowest BCUT2D eigenvalue weighted by molar-refractivity contribution is -0.0431. The van der Waals surface area contributed by atoms with Crippen molar-refractivity contribution in [2.24, 2.45) is 5.73 Å². The van der Waals surface area contributed by atoms with Gasteiger partial charge in [-0.1, -0.05) is 24.3 Å². The highest BCUT2D eigenvalue weighted by atomic mass is 16.5. The van der Waals surface area contributed by atoms with Crippen molar-refractivity contribution in [3.63, 3.8) is 0 Å². The summed E-state index contributed by atoms with van der Waals surface area (Å²) >= 11 is 0. The van der Waals surface area contributed by atoms with Gasteiger partial charge in [-0.05, 0) is 19.4 Å². The van der Waals surface area contributed by atoms with Gasteiger partial charge in [0.05, 0.1) is 18.8 Å². The van der Waals surface area contributed by atoms with Gasteiger partial charge in [-0.3, -0.25) is 5.41 Å². The smallest absolute Gasteiger partial charge is 0.122 e. The van der Waals surface area contributed by atoms with Gasteiger partial charge in [0.15, 0.2) is 0 Å². The molecule has 0 unspecified atom stereocenters. The van der Waals surface area contributed by atoms with Gasteiger partial charge in [-0.2, -0.15) is 0 Å². The molecule has 0 saturated heterocycles. The molecular weight excluding hydrogens is 216 g/mol. The van der Waals surface area contributed by atoms with E-state index in [0.29, 0.717) is 13.2 Å². The summed E-state index contributed by atoms with van der Waals surface area (Å²) < 4.78 is 10.7. The molecule has 94 valence electrons. The Kier molecular flexibility index (Phi) is 4.66. The Morgan fingerprint density at radius 2 is 1.82 bits per heavy atom. The molecule has 0 aliphatic carbocycles. The van der Waals surface area contributed by atoms with E-state index in [-0.39, 0.29) is 11.4 Å². The van der Waals surface area contributed by atoms with E-state index in [1.54, 1.807) is 7.11 Å². The quantitative estimate of drug-likeness (QED) is 0.450. The Labute approximate surface area is 102 Å². The number of rotatable bonds is 6. The minimum absolute atomic E-state index is 0.0784. The SMILES string of the molecule is COCCOC(C)(C)c1ccc(C(=N)N)cc1. The van der Waals surface area contributed by atoms with E-state index in [1.165, 1.54) is 0 Å². The molecule has 0 amide bonds. The number of amidine groups is 1. The highest BCUT2D eigenvalue weighted by Crippen LogP contribution is 2.24. The molecule has 0 heterocycles. The first kappa shape index (κ1) is 13.7. The Bertz CT molecular complexity index is 372. The summed E-state index contributed by atoms with van der Waals surface area (Å²) in [7, 11) is 1.65. The molecule has 0 spiro atoms. The van der Waals surface area contributed by atoms with Gasteiger partial charge in [0.1, 0.15) is 5.84 Å². The van der Waals surface area contributed by atoms with Crippen molar-refractivity contribution in [2.75, 3.05) is 20.3 Å². The van der Waals surface area contributed by atoms with E-state index in [0.717, 1.165) is 11.1 Å². The van der Waals surface area contributed by atoms with Crippen LogP contribution in [0.15, 0.2) is 24.3 Å². The fourth-order valence-corrected chi connectivity index (χ4v) is 1.51. The summed E-state index contributed by atoms with van der Waals surface area (Å²) in [4.78, 5) is 0. The van der Waals surface area contributed by atoms with Gasteiger partial charge >= 0.3 is 0 Å². The Morgan fingerprint density at radius 3 is 2.29 bits per heavy atom. The molecule has 0 fully saturated rings. The third kappa shape index (κ3) is 3.84. The van der Waals surface area contributed by atoms with Crippen LogP contribution in [0.1, 0.15) is 25.0 Å². The van der Waals surface area contributed by atoms with Crippen LogP contribution in [0.3, 0.4) is 0 Å². The molecule has 4 nitrogen and oxygen atoms in total. The van der Waals surface area contributed by atoms with Gasteiger partial charge < -0.3 is 15.2 Å².